The van der Waals surface area contributed by atoms with E-state index in [2.05, 4.69) is 15.0 Å². The highest BCUT2D eigenvalue weighted by molar-refractivity contribution is 6.00. The molecule has 37 heavy (non-hydrogen) atoms. The predicted octanol–water partition coefficient (Wildman–Crippen LogP) is 4.97. The van der Waals surface area contributed by atoms with E-state index in [0.29, 0.717) is 23.6 Å². The van der Waals surface area contributed by atoms with Gasteiger partial charge in [0.25, 0.3) is 5.56 Å². The van der Waals surface area contributed by atoms with Gasteiger partial charge in [0, 0.05) is 30.6 Å². The fraction of sp³-hybridized carbons (Fsp3) is 0.655. The van der Waals surface area contributed by atoms with Crippen molar-refractivity contribution in [2.45, 2.75) is 108 Å². The van der Waals surface area contributed by atoms with Gasteiger partial charge in [-0.25, -0.2) is 4.98 Å². The van der Waals surface area contributed by atoms with Gasteiger partial charge in [0.2, 0.25) is 0 Å². The van der Waals surface area contributed by atoms with Crippen LogP contribution in [0, 0.1) is 11.8 Å². The Morgan fingerprint density at radius 3 is 2.24 bits per heavy atom. The van der Waals surface area contributed by atoms with E-state index in [1.807, 2.05) is 28.8 Å². The molecule has 3 heterocycles. The third-order valence-corrected chi connectivity index (χ3v) is 9.66. The van der Waals surface area contributed by atoms with E-state index in [4.69, 9.17) is 5.11 Å². The van der Waals surface area contributed by atoms with Crippen LogP contribution < -0.4 is 5.56 Å². The van der Waals surface area contributed by atoms with Crippen molar-refractivity contribution in [3.8, 4) is 0 Å². The summed E-state index contributed by atoms with van der Waals surface area (Å²) in [7, 11) is 0. The highest BCUT2D eigenvalue weighted by atomic mass is 16.4. The van der Waals surface area contributed by atoms with Gasteiger partial charge in [-0.2, -0.15) is 0 Å². The minimum Gasteiger partial charge on any atom is -0.481 e. The monoisotopic (exact) mass is 506 g/mol. The number of nitrogens with zero attached hydrogens (tertiary/aromatic N) is 4. The number of aromatic nitrogens is 2. The molecule has 2 aliphatic carbocycles. The van der Waals surface area contributed by atoms with Crippen LogP contribution in [0.1, 0.15) is 95.2 Å². The number of para-hydroxylation sites is 2. The first kappa shape index (κ1) is 24.6. The molecule has 0 spiro atoms. The van der Waals surface area contributed by atoms with Crippen molar-refractivity contribution < 1.29 is 15.1 Å². The standard InChI is InChI=1S/C29H38N4O4/c34-27(35)12-11-25(31-37)28-29(36)33(26-10-2-1-9-24(26)30-28)23-16-20-7-4-8-21(17-23)32(20)22-14-18-5-3-6-19(13-18)15-22/h1-2,9-10,18-23,37H,3-8,11-17H2,(H,34,35)/b31-25+/t18-,19+,20-,21+,22?,23+. The first-order valence-electron chi connectivity index (χ1n) is 14.2. The minimum absolute atomic E-state index is 0.0401. The van der Waals surface area contributed by atoms with Crippen molar-refractivity contribution in [1.29, 1.82) is 0 Å². The number of oxime groups is 1. The van der Waals surface area contributed by atoms with Crippen LogP contribution in [0.4, 0.5) is 0 Å². The van der Waals surface area contributed by atoms with E-state index in [9.17, 15) is 14.8 Å². The van der Waals surface area contributed by atoms with Crippen LogP contribution in [0.25, 0.3) is 11.0 Å². The summed E-state index contributed by atoms with van der Waals surface area (Å²) in [5, 5.41) is 22.1. The molecule has 198 valence electrons. The molecule has 0 radical (unpaired) electrons. The molecule has 4 aliphatic rings. The van der Waals surface area contributed by atoms with Gasteiger partial charge in [-0.3, -0.25) is 14.5 Å². The summed E-state index contributed by atoms with van der Waals surface area (Å²) in [6.07, 6.45) is 13.6. The molecule has 1 unspecified atom stereocenters. The Labute approximate surface area is 217 Å². The zero-order valence-electron chi connectivity index (χ0n) is 21.5. The second-order valence-electron chi connectivity index (χ2n) is 11.9. The number of benzene rings is 1. The van der Waals surface area contributed by atoms with Crippen LogP contribution in [-0.4, -0.2) is 54.6 Å². The number of hydrogen-bond acceptors (Lipinski definition) is 6. The molecular formula is C29H38N4O4. The third kappa shape index (κ3) is 4.69. The number of piperidine rings is 2. The predicted molar refractivity (Wildman–Crippen MR) is 141 cm³/mol. The Morgan fingerprint density at radius 2 is 1.57 bits per heavy atom. The fourth-order valence-corrected chi connectivity index (χ4v) is 8.28. The molecule has 8 nitrogen and oxygen atoms in total. The van der Waals surface area contributed by atoms with Crippen LogP contribution in [0.15, 0.2) is 34.2 Å². The SMILES string of the molecule is O=C(O)CC/C(=N\O)c1nc2ccccc2n([C@H]2C[C@H]3CCC[C@@H](C2)N3C2C[C@H]3CCC[C@@H](C2)C3)c1=O. The molecule has 6 atom stereocenters. The maximum absolute atomic E-state index is 13.9. The number of carbonyl (C=O) groups is 1. The van der Waals surface area contributed by atoms with Crippen molar-refractivity contribution in [2.75, 3.05) is 0 Å². The molecule has 1 aromatic heterocycles. The molecule has 2 saturated carbocycles. The highest BCUT2D eigenvalue weighted by Crippen LogP contribution is 2.47. The van der Waals surface area contributed by atoms with Gasteiger partial charge in [-0.05, 0) is 68.9 Å². The van der Waals surface area contributed by atoms with Crippen LogP contribution in [0.5, 0.6) is 0 Å². The lowest BCUT2D eigenvalue weighted by atomic mass is 9.68. The lowest BCUT2D eigenvalue weighted by Gasteiger charge is -2.55. The second kappa shape index (κ2) is 10.2. The van der Waals surface area contributed by atoms with Crippen molar-refractivity contribution in [1.82, 2.24) is 14.5 Å². The largest absolute Gasteiger partial charge is 0.481 e. The Balaban J connectivity index is 1.34. The number of fused-ring (bicyclic) bond motifs is 5. The summed E-state index contributed by atoms with van der Waals surface area (Å²) in [5.41, 5.74) is 1.30. The first-order chi connectivity index (χ1) is 18.0. The maximum atomic E-state index is 13.9. The van der Waals surface area contributed by atoms with Crippen LogP contribution in [0.3, 0.4) is 0 Å². The normalized spacial score (nSPS) is 32.4. The van der Waals surface area contributed by atoms with Gasteiger partial charge in [0.15, 0.2) is 5.69 Å². The number of carboxylic acids is 1. The summed E-state index contributed by atoms with van der Waals surface area (Å²) in [4.78, 5) is 32.5. The lowest BCUT2D eigenvalue weighted by molar-refractivity contribution is -0.136. The van der Waals surface area contributed by atoms with E-state index in [0.717, 1.165) is 30.2 Å². The van der Waals surface area contributed by atoms with Crippen LogP contribution in [-0.2, 0) is 4.79 Å². The van der Waals surface area contributed by atoms with Crippen LogP contribution >= 0.6 is 0 Å². The molecule has 1 aromatic carbocycles. The van der Waals surface area contributed by atoms with Gasteiger partial charge in [-0.15, -0.1) is 0 Å². The summed E-state index contributed by atoms with van der Waals surface area (Å²) in [5.74, 6) is 0.786. The van der Waals surface area contributed by atoms with Crippen molar-refractivity contribution >= 4 is 22.7 Å². The van der Waals surface area contributed by atoms with Crippen molar-refractivity contribution in [3.05, 3.63) is 40.3 Å². The molecule has 8 heteroatoms. The third-order valence-electron chi connectivity index (χ3n) is 9.66. The summed E-state index contributed by atoms with van der Waals surface area (Å²) >= 11 is 0. The van der Waals surface area contributed by atoms with Gasteiger partial charge >= 0.3 is 5.97 Å². The first-order valence-corrected chi connectivity index (χ1v) is 14.2. The summed E-state index contributed by atoms with van der Waals surface area (Å²) in [6.45, 7) is 0. The van der Waals surface area contributed by atoms with Crippen molar-refractivity contribution in [2.24, 2.45) is 17.0 Å². The fourth-order valence-electron chi connectivity index (χ4n) is 8.28. The smallest absolute Gasteiger partial charge is 0.303 e. The number of carboxylic acid groups (broad SMARTS) is 1. The summed E-state index contributed by atoms with van der Waals surface area (Å²) < 4.78 is 1.89. The molecule has 2 aliphatic heterocycles. The van der Waals surface area contributed by atoms with E-state index in [-0.39, 0.29) is 35.8 Å². The topological polar surface area (TPSA) is 108 Å². The van der Waals surface area contributed by atoms with E-state index in [1.165, 1.54) is 57.8 Å². The maximum Gasteiger partial charge on any atom is 0.303 e. The Kier molecular flexibility index (Phi) is 6.78. The molecular weight excluding hydrogens is 468 g/mol. The Hall–Kier alpha value is -2.74. The van der Waals surface area contributed by atoms with Gasteiger partial charge in [0.1, 0.15) is 5.71 Å². The zero-order valence-corrected chi connectivity index (χ0v) is 21.5. The molecule has 2 N–H and O–H groups in total. The highest BCUT2D eigenvalue weighted by Gasteiger charge is 2.45. The number of rotatable bonds is 6. The van der Waals surface area contributed by atoms with E-state index in [1.54, 1.807) is 0 Å². The van der Waals surface area contributed by atoms with E-state index >= 15 is 0 Å². The van der Waals surface area contributed by atoms with Crippen LogP contribution in [0.2, 0.25) is 0 Å². The number of aliphatic carboxylic acids is 1. The average molecular weight is 507 g/mol. The average Bonchev–Trinajstić information content (AvgIpc) is 2.88. The number of hydrogen-bond donors (Lipinski definition) is 2. The molecule has 4 bridgehead atoms. The molecule has 4 fully saturated rings. The Morgan fingerprint density at radius 1 is 0.892 bits per heavy atom. The lowest BCUT2D eigenvalue weighted by Crippen LogP contribution is -2.58. The van der Waals surface area contributed by atoms with Gasteiger partial charge in [-0.1, -0.05) is 43.0 Å². The zero-order chi connectivity index (χ0) is 25.5. The Bertz CT molecular complexity index is 1230. The van der Waals surface area contributed by atoms with Gasteiger partial charge < -0.3 is 14.9 Å². The molecule has 0 amide bonds. The van der Waals surface area contributed by atoms with E-state index < -0.39 is 5.97 Å². The van der Waals surface area contributed by atoms with Crippen molar-refractivity contribution in [3.63, 3.8) is 0 Å². The van der Waals surface area contributed by atoms with Gasteiger partial charge in [0.05, 0.1) is 17.5 Å². The minimum atomic E-state index is -1.01. The molecule has 6 rings (SSSR count). The quantitative estimate of drug-likeness (QED) is 0.325. The second-order valence-corrected chi connectivity index (χ2v) is 11.9. The summed E-state index contributed by atoms with van der Waals surface area (Å²) in [6, 6.07) is 9.35. The molecule has 2 aromatic rings. The molecule has 2 saturated heterocycles.